The van der Waals surface area contributed by atoms with Crippen LogP contribution >= 0.6 is 0 Å². The second-order valence-electron chi connectivity index (χ2n) is 5.60. The summed E-state index contributed by atoms with van der Waals surface area (Å²) >= 11 is 0. The molecule has 0 spiro atoms. The predicted octanol–water partition coefficient (Wildman–Crippen LogP) is 1.50. The number of nitrogens with one attached hydrogen (secondary N) is 1. The number of aliphatic hydroxyl groups excluding tert-OH is 1. The van der Waals surface area contributed by atoms with Crippen LogP contribution in [0.15, 0.2) is 12.3 Å². The zero-order chi connectivity index (χ0) is 14.5. The van der Waals surface area contributed by atoms with Crippen LogP contribution in [0.5, 0.6) is 0 Å². The summed E-state index contributed by atoms with van der Waals surface area (Å²) in [6.07, 6.45) is 6.02. The molecule has 2 atom stereocenters. The Balaban J connectivity index is 1.96. The van der Waals surface area contributed by atoms with E-state index in [1.165, 1.54) is 12.8 Å². The van der Waals surface area contributed by atoms with Crippen molar-refractivity contribution >= 4 is 11.6 Å². The van der Waals surface area contributed by atoms with E-state index in [0.29, 0.717) is 35.3 Å². The van der Waals surface area contributed by atoms with E-state index in [1.54, 1.807) is 19.2 Å². The summed E-state index contributed by atoms with van der Waals surface area (Å²) < 4.78 is 0. The number of aromatic nitrogens is 1. The van der Waals surface area contributed by atoms with Gasteiger partial charge in [-0.05, 0) is 37.7 Å². The summed E-state index contributed by atoms with van der Waals surface area (Å²) in [5.41, 5.74) is 7.37. The number of nitrogens with two attached hydrogens (primary N) is 1. The summed E-state index contributed by atoms with van der Waals surface area (Å²) in [7, 11) is 0. The first-order valence-electron chi connectivity index (χ1n) is 7.23. The van der Waals surface area contributed by atoms with Crippen LogP contribution in [-0.4, -0.2) is 29.1 Å². The largest absolute Gasteiger partial charge is 0.397 e. The van der Waals surface area contributed by atoms with Gasteiger partial charge >= 0.3 is 0 Å². The molecule has 110 valence electrons. The lowest BCUT2D eigenvalue weighted by Gasteiger charge is -2.30. The summed E-state index contributed by atoms with van der Waals surface area (Å²) in [4.78, 5) is 16.3. The van der Waals surface area contributed by atoms with Gasteiger partial charge in [-0.15, -0.1) is 0 Å². The highest BCUT2D eigenvalue weighted by atomic mass is 16.3. The van der Waals surface area contributed by atoms with Crippen LogP contribution in [0.25, 0.3) is 0 Å². The van der Waals surface area contributed by atoms with Crippen LogP contribution in [0, 0.1) is 18.8 Å². The summed E-state index contributed by atoms with van der Waals surface area (Å²) in [6, 6.07) is 1.65. The molecule has 1 saturated carbocycles. The Morgan fingerprint density at radius 2 is 2.15 bits per heavy atom. The van der Waals surface area contributed by atoms with Crippen LogP contribution in [0.1, 0.15) is 41.7 Å². The predicted molar refractivity (Wildman–Crippen MR) is 78.3 cm³/mol. The molecular formula is C15H23N3O2. The molecule has 1 aliphatic rings. The molecule has 0 aliphatic heterocycles. The molecule has 20 heavy (non-hydrogen) atoms. The van der Waals surface area contributed by atoms with Crippen LogP contribution in [0.3, 0.4) is 0 Å². The summed E-state index contributed by atoms with van der Waals surface area (Å²) in [6.45, 7) is 2.61. The Bertz CT molecular complexity index is 476. The number of nitrogens with zero attached hydrogens (tertiary/aromatic N) is 1. The van der Waals surface area contributed by atoms with Gasteiger partial charge in [-0.1, -0.05) is 12.8 Å². The maximum Gasteiger partial charge on any atom is 0.253 e. The molecule has 0 radical (unpaired) electrons. The van der Waals surface area contributed by atoms with Crippen LogP contribution < -0.4 is 11.1 Å². The van der Waals surface area contributed by atoms with E-state index in [-0.39, 0.29) is 12.5 Å². The fraction of sp³-hybridized carbons (Fsp3) is 0.600. The highest BCUT2D eigenvalue weighted by molar-refractivity contribution is 5.95. The molecule has 1 heterocycles. The summed E-state index contributed by atoms with van der Waals surface area (Å²) in [5, 5.41) is 12.3. The van der Waals surface area contributed by atoms with E-state index < -0.39 is 0 Å². The number of carbonyl (C=O) groups is 1. The molecule has 1 fully saturated rings. The van der Waals surface area contributed by atoms with Gasteiger partial charge in [0.05, 0.1) is 23.1 Å². The Morgan fingerprint density at radius 1 is 1.45 bits per heavy atom. The molecule has 2 rings (SSSR count). The van der Waals surface area contributed by atoms with Crippen molar-refractivity contribution in [2.45, 2.75) is 32.6 Å². The van der Waals surface area contributed by atoms with E-state index in [4.69, 9.17) is 5.73 Å². The molecule has 1 aliphatic carbocycles. The van der Waals surface area contributed by atoms with E-state index in [0.717, 1.165) is 12.8 Å². The molecule has 4 N–H and O–H groups in total. The van der Waals surface area contributed by atoms with Gasteiger partial charge in [0.25, 0.3) is 5.91 Å². The lowest BCUT2D eigenvalue weighted by molar-refractivity contribution is 0.0908. The van der Waals surface area contributed by atoms with Crippen molar-refractivity contribution < 1.29 is 9.90 Å². The molecule has 0 aromatic carbocycles. The van der Waals surface area contributed by atoms with E-state index in [9.17, 15) is 9.90 Å². The zero-order valence-electron chi connectivity index (χ0n) is 11.9. The average molecular weight is 277 g/mol. The SMILES string of the molecule is Cc1ncc(N)cc1C(=O)NCC1CCCCC1CO. The molecular weight excluding hydrogens is 254 g/mol. The number of nitrogen functional groups attached to an aromatic ring is 1. The normalized spacial score (nSPS) is 22.5. The fourth-order valence-electron chi connectivity index (χ4n) is 2.89. The van der Waals surface area contributed by atoms with Crippen molar-refractivity contribution in [1.82, 2.24) is 10.3 Å². The van der Waals surface area contributed by atoms with E-state index in [2.05, 4.69) is 10.3 Å². The van der Waals surface area contributed by atoms with Crippen molar-refractivity contribution in [3.8, 4) is 0 Å². The first kappa shape index (κ1) is 14.8. The number of hydrogen-bond donors (Lipinski definition) is 3. The Labute approximate surface area is 119 Å². The topological polar surface area (TPSA) is 88.2 Å². The van der Waals surface area contributed by atoms with Crippen molar-refractivity contribution in [1.29, 1.82) is 0 Å². The minimum atomic E-state index is -0.135. The van der Waals surface area contributed by atoms with Crippen LogP contribution in [-0.2, 0) is 0 Å². The second kappa shape index (κ2) is 6.70. The van der Waals surface area contributed by atoms with Gasteiger partial charge in [-0.3, -0.25) is 9.78 Å². The second-order valence-corrected chi connectivity index (χ2v) is 5.60. The molecule has 5 heteroatoms. The van der Waals surface area contributed by atoms with Crippen molar-refractivity contribution in [3.05, 3.63) is 23.5 Å². The number of amides is 1. The quantitative estimate of drug-likeness (QED) is 0.778. The zero-order valence-corrected chi connectivity index (χ0v) is 11.9. The number of hydrogen-bond acceptors (Lipinski definition) is 4. The van der Waals surface area contributed by atoms with Gasteiger partial charge in [-0.25, -0.2) is 0 Å². The number of aryl methyl sites for hydroxylation is 1. The number of aliphatic hydroxyl groups is 1. The first-order chi connectivity index (χ1) is 9.61. The third-order valence-corrected chi connectivity index (χ3v) is 4.18. The molecule has 0 bridgehead atoms. The highest BCUT2D eigenvalue weighted by Gasteiger charge is 2.25. The van der Waals surface area contributed by atoms with Gasteiger partial charge in [0.2, 0.25) is 0 Å². The minimum Gasteiger partial charge on any atom is -0.397 e. The Kier molecular flexibility index (Phi) is 4.95. The number of carbonyl (C=O) groups excluding carboxylic acids is 1. The first-order valence-corrected chi connectivity index (χ1v) is 7.23. The number of pyridine rings is 1. The third kappa shape index (κ3) is 3.48. The fourth-order valence-corrected chi connectivity index (χ4v) is 2.89. The number of anilines is 1. The van der Waals surface area contributed by atoms with Gasteiger partial charge in [0.15, 0.2) is 0 Å². The smallest absolute Gasteiger partial charge is 0.253 e. The van der Waals surface area contributed by atoms with Gasteiger partial charge in [0.1, 0.15) is 0 Å². The van der Waals surface area contributed by atoms with Crippen molar-refractivity contribution in [2.75, 3.05) is 18.9 Å². The third-order valence-electron chi connectivity index (χ3n) is 4.18. The molecule has 1 aromatic rings. The minimum absolute atomic E-state index is 0.135. The van der Waals surface area contributed by atoms with Crippen molar-refractivity contribution in [2.24, 2.45) is 11.8 Å². The van der Waals surface area contributed by atoms with Gasteiger partial charge in [0, 0.05) is 13.2 Å². The summed E-state index contributed by atoms with van der Waals surface area (Å²) in [5.74, 6) is 0.542. The number of rotatable bonds is 4. The Hall–Kier alpha value is -1.62. The van der Waals surface area contributed by atoms with Crippen molar-refractivity contribution in [3.63, 3.8) is 0 Å². The monoisotopic (exact) mass is 277 g/mol. The van der Waals surface area contributed by atoms with E-state index in [1.807, 2.05) is 0 Å². The van der Waals surface area contributed by atoms with Crippen LogP contribution in [0.4, 0.5) is 5.69 Å². The molecule has 5 nitrogen and oxygen atoms in total. The molecule has 1 amide bonds. The van der Waals surface area contributed by atoms with E-state index >= 15 is 0 Å². The maximum atomic E-state index is 12.2. The molecule has 1 aromatic heterocycles. The van der Waals surface area contributed by atoms with Gasteiger partial charge in [-0.2, -0.15) is 0 Å². The highest BCUT2D eigenvalue weighted by Crippen LogP contribution is 2.29. The molecule has 2 unspecified atom stereocenters. The lowest BCUT2D eigenvalue weighted by atomic mass is 9.79. The Morgan fingerprint density at radius 3 is 2.85 bits per heavy atom. The maximum absolute atomic E-state index is 12.2. The van der Waals surface area contributed by atoms with Gasteiger partial charge < -0.3 is 16.2 Å². The average Bonchev–Trinajstić information content (AvgIpc) is 2.47. The standard InChI is InChI=1S/C15H23N3O2/c1-10-14(6-13(16)8-17-10)15(20)18-7-11-4-2-3-5-12(11)9-19/h6,8,11-12,19H,2-5,7,9,16H2,1H3,(H,18,20). The van der Waals surface area contributed by atoms with Crippen LogP contribution in [0.2, 0.25) is 0 Å². The lowest BCUT2D eigenvalue weighted by Crippen LogP contribution is -2.35. The molecule has 0 saturated heterocycles.